The molecule has 1 atom stereocenters. The third-order valence-electron chi connectivity index (χ3n) is 2.83. The maximum absolute atomic E-state index is 10.1. The molecule has 0 radical (unpaired) electrons. The summed E-state index contributed by atoms with van der Waals surface area (Å²) < 4.78 is 0. The summed E-state index contributed by atoms with van der Waals surface area (Å²) >= 11 is 1.58. The van der Waals surface area contributed by atoms with Crippen molar-refractivity contribution in [3.63, 3.8) is 0 Å². The summed E-state index contributed by atoms with van der Waals surface area (Å²) in [6.07, 6.45) is 3.13. The van der Waals surface area contributed by atoms with Crippen molar-refractivity contribution in [2.75, 3.05) is 0 Å². The van der Waals surface area contributed by atoms with Gasteiger partial charge in [0.2, 0.25) is 0 Å². The lowest BCUT2D eigenvalue weighted by Crippen LogP contribution is -2.12. The molecule has 4 nitrogen and oxygen atoms in total. The van der Waals surface area contributed by atoms with Crippen LogP contribution in [0, 0.1) is 6.92 Å². The van der Waals surface area contributed by atoms with Crippen LogP contribution in [0.3, 0.4) is 0 Å². The molecule has 0 aliphatic rings. The standard InChI is InChI=1S/C14H19N3OS/c1-9-6-16-10(7-15-9)11(18)5-13-17-12(8-19-13)14(2,3)4/h6-8,11,18H,5H2,1-4H3. The van der Waals surface area contributed by atoms with Crippen LogP contribution >= 0.6 is 11.3 Å². The van der Waals surface area contributed by atoms with E-state index in [1.165, 1.54) is 0 Å². The number of aromatic nitrogens is 3. The van der Waals surface area contributed by atoms with E-state index in [2.05, 4.69) is 41.1 Å². The Morgan fingerprint density at radius 2 is 2.00 bits per heavy atom. The van der Waals surface area contributed by atoms with Crippen molar-refractivity contribution in [3.8, 4) is 0 Å². The van der Waals surface area contributed by atoms with Crippen LogP contribution in [0.5, 0.6) is 0 Å². The fourth-order valence-corrected chi connectivity index (χ4v) is 2.65. The quantitative estimate of drug-likeness (QED) is 0.937. The predicted octanol–water partition coefficient (Wildman–Crippen LogP) is 2.82. The third-order valence-corrected chi connectivity index (χ3v) is 3.70. The summed E-state index contributed by atoms with van der Waals surface area (Å²) in [6, 6.07) is 0. The Bertz CT molecular complexity index is 543. The molecule has 0 amide bonds. The maximum atomic E-state index is 10.1. The third kappa shape index (κ3) is 3.58. The Balaban J connectivity index is 2.08. The lowest BCUT2D eigenvalue weighted by Gasteiger charge is -2.14. The van der Waals surface area contributed by atoms with Gasteiger partial charge in [-0.05, 0) is 6.92 Å². The van der Waals surface area contributed by atoms with E-state index in [4.69, 9.17) is 0 Å². The zero-order chi connectivity index (χ0) is 14.0. The first-order valence-corrected chi connectivity index (χ1v) is 7.16. The smallest absolute Gasteiger partial charge is 0.104 e. The number of thiazole rings is 1. The van der Waals surface area contributed by atoms with Gasteiger partial charge in [-0.25, -0.2) is 4.98 Å². The molecule has 2 aromatic heterocycles. The van der Waals surface area contributed by atoms with E-state index >= 15 is 0 Å². The highest BCUT2D eigenvalue weighted by Gasteiger charge is 2.19. The molecule has 0 saturated carbocycles. The summed E-state index contributed by atoms with van der Waals surface area (Å²) in [5.74, 6) is 0. The van der Waals surface area contributed by atoms with Crippen molar-refractivity contribution >= 4 is 11.3 Å². The number of hydrogen-bond acceptors (Lipinski definition) is 5. The van der Waals surface area contributed by atoms with Gasteiger partial charge < -0.3 is 5.11 Å². The van der Waals surface area contributed by atoms with E-state index in [0.29, 0.717) is 12.1 Å². The Hall–Kier alpha value is -1.33. The lowest BCUT2D eigenvalue weighted by molar-refractivity contribution is 0.173. The molecule has 19 heavy (non-hydrogen) atoms. The van der Waals surface area contributed by atoms with Gasteiger partial charge in [0.1, 0.15) is 6.10 Å². The predicted molar refractivity (Wildman–Crippen MR) is 76.2 cm³/mol. The minimum Gasteiger partial charge on any atom is -0.386 e. The first kappa shape index (κ1) is 14.1. The number of rotatable bonds is 3. The Morgan fingerprint density at radius 1 is 1.26 bits per heavy atom. The van der Waals surface area contributed by atoms with Crippen LogP contribution in [0.2, 0.25) is 0 Å². The fourth-order valence-electron chi connectivity index (χ4n) is 1.59. The van der Waals surface area contributed by atoms with Gasteiger partial charge in [-0.15, -0.1) is 11.3 Å². The molecule has 2 rings (SSSR count). The lowest BCUT2D eigenvalue weighted by atomic mass is 9.93. The molecular formula is C14H19N3OS. The summed E-state index contributed by atoms with van der Waals surface area (Å²) in [5, 5.41) is 13.1. The topological polar surface area (TPSA) is 58.9 Å². The van der Waals surface area contributed by atoms with Crippen LogP contribution in [0.1, 0.15) is 49.0 Å². The van der Waals surface area contributed by atoms with Gasteiger partial charge in [0, 0.05) is 23.4 Å². The molecule has 0 aliphatic carbocycles. The highest BCUT2D eigenvalue weighted by atomic mass is 32.1. The second-order valence-electron chi connectivity index (χ2n) is 5.68. The maximum Gasteiger partial charge on any atom is 0.104 e. The minimum atomic E-state index is -0.646. The van der Waals surface area contributed by atoms with Gasteiger partial charge in [0.05, 0.1) is 28.3 Å². The molecule has 1 N–H and O–H groups in total. The second-order valence-corrected chi connectivity index (χ2v) is 6.62. The number of aliphatic hydroxyl groups excluding tert-OH is 1. The number of aryl methyl sites for hydroxylation is 1. The number of nitrogens with zero attached hydrogens (tertiary/aromatic N) is 3. The van der Waals surface area contributed by atoms with E-state index in [9.17, 15) is 5.11 Å². The van der Waals surface area contributed by atoms with Gasteiger partial charge >= 0.3 is 0 Å². The van der Waals surface area contributed by atoms with Crippen molar-refractivity contribution in [1.82, 2.24) is 15.0 Å². The van der Waals surface area contributed by atoms with Crippen LogP contribution in [0.4, 0.5) is 0 Å². The van der Waals surface area contributed by atoms with Gasteiger partial charge in [0.15, 0.2) is 0 Å². The van der Waals surface area contributed by atoms with Gasteiger partial charge in [0.25, 0.3) is 0 Å². The SMILES string of the molecule is Cc1cnc(C(O)Cc2nc(C(C)(C)C)cs2)cn1. The summed E-state index contributed by atoms with van der Waals surface area (Å²) in [6.45, 7) is 8.27. The van der Waals surface area contributed by atoms with Crippen molar-refractivity contribution in [2.45, 2.75) is 45.6 Å². The average Bonchev–Trinajstić information content (AvgIpc) is 2.78. The molecule has 0 aliphatic heterocycles. The summed E-state index contributed by atoms with van der Waals surface area (Å²) in [7, 11) is 0. The molecule has 0 fully saturated rings. The Labute approximate surface area is 117 Å². The number of aliphatic hydroxyl groups is 1. The molecule has 5 heteroatoms. The van der Waals surface area contributed by atoms with E-state index < -0.39 is 6.10 Å². The molecule has 1 unspecified atom stereocenters. The van der Waals surface area contributed by atoms with Crippen LogP contribution in [-0.4, -0.2) is 20.1 Å². The first-order valence-electron chi connectivity index (χ1n) is 6.28. The van der Waals surface area contributed by atoms with Crippen LogP contribution in [0.15, 0.2) is 17.8 Å². The van der Waals surface area contributed by atoms with Crippen molar-refractivity contribution in [2.24, 2.45) is 0 Å². The van der Waals surface area contributed by atoms with Crippen molar-refractivity contribution < 1.29 is 5.11 Å². The monoisotopic (exact) mass is 277 g/mol. The Kier molecular flexibility index (Phi) is 3.96. The van der Waals surface area contributed by atoms with Crippen molar-refractivity contribution in [3.05, 3.63) is 39.9 Å². The average molecular weight is 277 g/mol. The summed E-state index contributed by atoms with van der Waals surface area (Å²) in [4.78, 5) is 12.9. The van der Waals surface area contributed by atoms with Crippen LogP contribution < -0.4 is 0 Å². The van der Waals surface area contributed by atoms with Crippen LogP contribution in [0.25, 0.3) is 0 Å². The highest BCUT2D eigenvalue weighted by molar-refractivity contribution is 7.09. The van der Waals surface area contributed by atoms with Gasteiger partial charge in [-0.1, -0.05) is 20.8 Å². The zero-order valence-corrected chi connectivity index (χ0v) is 12.5. The fraction of sp³-hybridized carbons (Fsp3) is 0.500. The number of hydrogen-bond donors (Lipinski definition) is 1. The van der Waals surface area contributed by atoms with E-state index in [1.54, 1.807) is 23.7 Å². The normalized spacial score (nSPS) is 13.5. The van der Waals surface area contributed by atoms with Gasteiger partial charge in [-0.3, -0.25) is 9.97 Å². The Morgan fingerprint density at radius 3 is 2.53 bits per heavy atom. The summed E-state index contributed by atoms with van der Waals surface area (Å²) in [5.41, 5.74) is 2.55. The molecule has 0 aromatic carbocycles. The van der Waals surface area contributed by atoms with E-state index in [0.717, 1.165) is 16.4 Å². The molecule has 0 bridgehead atoms. The minimum absolute atomic E-state index is 0.0450. The van der Waals surface area contributed by atoms with E-state index in [-0.39, 0.29) is 5.41 Å². The molecule has 102 valence electrons. The van der Waals surface area contributed by atoms with E-state index in [1.807, 2.05) is 6.92 Å². The zero-order valence-electron chi connectivity index (χ0n) is 11.7. The largest absolute Gasteiger partial charge is 0.386 e. The van der Waals surface area contributed by atoms with Crippen LogP contribution in [-0.2, 0) is 11.8 Å². The molecule has 2 heterocycles. The molecule has 2 aromatic rings. The first-order chi connectivity index (χ1) is 8.86. The highest BCUT2D eigenvalue weighted by Crippen LogP contribution is 2.26. The van der Waals surface area contributed by atoms with Crippen molar-refractivity contribution in [1.29, 1.82) is 0 Å². The second kappa shape index (κ2) is 5.35. The molecule has 0 spiro atoms. The van der Waals surface area contributed by atoms with Gasteiger partial charge in [-0.2, -0.15) is 0 Å². The molecular weight excluding hydrogens is 258 g/mol. The molecule has 0 saturated heterocycles.